The summed E-state index contributed by atoms with van der Waals surface area (Å²) in [7, 11) is 0. The van der Waals surface area contributed by atoms with E-state index in [0.717, 1.165) is 16.8 Å². The Morgan fingerprint density at radius 3 is 2.36 bits per heavy atom. The lowest BCUT2D eigenvalue weighted by Gasteiger charge is -2.39. The number of hydrogen-bond acceptors (Lipinski definition) is 6. The van der Waals surface area contributed by atoms with Crippen LogP contribution in [0.15, 0.2) is 48.5 Å². The van der Waals surface area contributed by atoms with E-state index in [1.54, 1.807) is 18.2 Å². The minimum Gasteiger partial charge on any atom is -0.504 e. The number of anilines is 1. The summed E-state index contributed by atoms with van der Waals surface area (Å²) in [5, 5.41) is 45.9. The maximum atomic E-state index is 11.2. The van der Waals surface area contributed by atoms with Gasteiger partial charge in [0, 0.05) is 36.8 Å². The molecule has 3 aromatic carbocycles. The van der Waals surface area contributed by atoms with E-state index in [0.29, 0.717) is 30.8 Å². The second-order valence-corrected chi connectivity index (χ2v) is 8.56. The predicted octanol–water partition coefficient (Wildman–Crippen LogP) is 4.72. The summed E-state index contributed by atoms with van der Waals surface area (Å²) in [5.41, 5.74) is 4.19. The highest BCUT2D eigenvalue weighted by Gasteiger charge is 2.41. The van der Waals surface area contributed by atoms with Crippen LogP contribution in [0.2, 0.25) is 5.02 Å². The van der Waals surface area contributed by atoms with E-state index in [2.05, 4.69) is 10.6 Å². The largest absolute Gasteiger partial charge is 0.504 e. The molecule has 0 spiro atoms. The molecular weight excluding hydrogens is 444 g/mol. The normalized spacial score (nSPS) is 16.7. The van der Waals surface area contributed by atoms with E-state index in [4.69, 9.17) is 11.6 Å². The van der Waals surface area contributed by atoms with Crippen molar-refractivity contribution in [2.45, 2.75) is 18.8 Å². The molecule has 0 saturated heterocycles. The quantitative estimate of drug-likeness (QED) is 0.209. The van der Waals surface area contributed by atoms with Gasteiger partial charge >= 0.3 is 5.97 Å². The topological polar surface area (TPSA) is 122 Å². The zero-order valence-corrected chi connectivity index (χ0v) is 18.7. The zero-order valence-electron chi connectivity index (χ0n) is 18.0. The second-order valence-electron chi connectivity index (χ2n) is 8.18. The molecule has 0 fully saturated rings. The van der Waals surface area contributed by atoms with Crippen molar-refractivity contribution < 1.29 is 25.2 Å². The van der Waals surface area contributed by atoms with Gasteiger partial charge in [-0.05, 0) is 46.9 Å². The fourth-order valence-electron chi connectivity index (χ4n) is 4.36. The number of fused-ring (bicyclic) bond motifs is 1. The van der Waals surface area contributed by atoms with Crippen LogP contribution >= 0.6 is 11.6 Å². The first-order chi connectivity index (χ1) is 15.8. The van der Waals surface area contributed by atoms with E-state index >= 15 is 0 Å². The average Bonchev–Trinajstić information content (AvgIpc) is 2.82. The van der Waals surface area contributed by atoms with Gasteiger partial charge in [-0.15, -0.1) is 0 Å². The van der Waals surface area contributed by atoms with Crippen molar-refractivity contribution in [3.63, 3.8) is 0 Å². The van der Waals surface area contributed by atoms with Gasteiger partial charge in [-0.2, -0.15) is 0 Å². The Morgan fingerprint density at radius 2 is 1.64 bits per heavy atom. The third-order valence-electron chi connectivity index (χ3n) is 6.17. The smallest absolute Gasteiger partial charge is 0.335 e. The lowest BCUT2D eigenvalue weighted by Crippen LogP contribution is -2.34. The average molecular weight is 469 g/mol. The minimum absolute atomic E-state index is 0.0196. The lowest BCUT2D eigenvalue weighted by atomic mass is 9.68. The first-order valence-electron chi connectivity index (χ1n) is 10.6. The molecule has 0 heterocycles. The van der Waals surface area contributed by atoms with Crippen LogP contribution in [0.1, 0.15) is 40.2 Å². The van der Waals surface area contributed by atoms with Crippen molar-refractivity contribution in [3.05, 3.63) is 70.2 Å². The van der Waals surface area contributed by atoms with E-state index in [9.17, 15) is 25.2 Å². The molecule has 0 saturated carbocycles. The number of carboxylic acid groups (broad SMARTS) is 1. The van der Waals surface area contributed by atoms with Crippen LogP contribution < -0.4 is 10.6 Å². The van der Waals surface area contributed by atoms with Crippen LogP contribution in [0.4, 0.5) is 5.69 Å². The number of aromatic carboxylic acids is 1. The standard InChI is InChI=1S/C25H25ClN2O5/c1-13-18(20-19(13)21(26)23(30)24(31)22(20)29)12-27-8-9-28-17-7-3-5-15(11-17)14-4-2-6-16(10-14)25(32)33/h2-7,10-11,13,18,27-31H,8-9,12H2,1H3,(H,32,33). The fourth-order valence-corrected chi connectivity index (χ4v) is 4.73. The first-order valence-corrected chi connectivity index (χ1v) is 11.0. The van der Waals surface area contributed by atoms with Gasteiger partial charge in [-0.1, -0.05) is 42.8 Å². The summed E-state index contributed by atoms with van der Waals surface area (Å²) in [6.45, 7) is 3.88. The second kappa shape index (κ2) is 9.21. The Kier molecular flexibility index (Phi) is 6.35. The molecule has 0 aromatic heterocycles. The van der Waals surface area contributed by atoms with Gasteiger partial charge < -0.3 is 31.1 Å². The number of benzene rings is 3. The number of phenolic OH excluding ortho intramolecular Hbond substituents is 3. The molecule has 2 atom stereocenters. The highest BCUT2D eigenvalue weighted by molar-refractivity contribution is 6.33. The third-order valence-corrected chi connectivity index (χ3v) is 6.55. The molecule has 4 rings (SSSR count). The summed E-state index contributed by atoms with van der Waals surface area (Å²) in [6.07, 6.45) is 0. The Balaban J connectivity index is 1.32. The van der Waals surface area contributed by atoms with Crippen molar-refractivity contribution in [2.75, 3.05) is 25.0 Å². The Labute approximate surface area is 196 Å². The van der Waals surface area contributed by atoms with Crippen LogP contribution in [-0.4, -0.2) is 46.0 Å². The molecule has 172 valence electrons. The van der Waals surface area contributed by atoms with E-state index in [1.807, 2.05) is 37.3 Å². The van der Waals surface area contributed by atoms with Crippen molar-refractivity contribution >= 4 is 23.3 Å². The SMILES string of the molecule is CC1c2c(Cl)c(O)c(O)c(O)c2C1CNCCNc1cccc(-c2cccc(C(=O)O)c2)c1. The number of phenols is 3. The highest BCUT2D eigenvalue weighted by atomic mass is 35.5. The van der Waals surface area contributed by atoms with Gasteiger partial charge in [0.2, 0.25) is 5.75 Å². The van der Waals surface area contributed by atoms with Gasteiger partial charge in [-0.25, -0.2) is 4.79 Å². The Hall–Kier alpha value is -3.42. The van der Waals surface area contributed by atoms with Gasteiger partial charge in [0.1, 0.15) is 0 Å². The predicted molar refractivity (Wildman–Crippen MR) is 128 cm³/mol. The summed E-state index contributed by atoms with van der Waals surface area (Å²) < 4.78 is 0. The summed E-state index contributed by atoms with van der Waals surface area (Å²) in [5.74, 6) is -2.29. The van der Waals surface area contributed by atoms with Crippen LogP contribution in [-0.2, 0) is 0 Å². The number of nitrogens with one attached hydrogen (secondary N) is 2. The van der Waals surface area contributed by atoms with E-state index in [-0.39, 0.29) is 28.2 Å². The monoisotopic (exact) mass is 468 g/mol. The lowest BCUT2D eigenvalue weighted by molar-refractivity contribution is 0.0697. The molecule has 0 amide bonds. The summed E-state index contributed by atoms with van der Waals surface area (Å²) >= 11 is 6.12. The molecule has 3 aromatic rings. The minimum atomic E-state index is -0.955. The number of carboxylic acids is 1. The van der Waals surface area contributed by atoms with Crippen molar-refractivity contribution in [2.24, 2.45) is 0 Å². The van der Waals surface area contributed by atoms with Gasteiger partial charge in [0.25, 0.3) is 0 Å². The van der Waals surface area contributed by atoms with Crippen molar-refractivity contribution in [1.82, 2.24) is 5.32 Å². The van der Waals surface area contributed by atoms with Gasteiger partial charge in [0.15, 0.2) is 11.5 Å². The molecule has 1 aliphatic rings. The summed E-state index contributed by atoms with van der Waals surface area (Å²) in [6, 6.07) is 14.6. The van der Waals surface area contributed by atoms with Crippen molar-refractivity contribution in [1.29, 1.82) is 0 Å². The molecule has 0 aliphatic heterocycles. The molecule has 33 heavy (non-hydrogen) atoms. The third kappa shape index (κ3) is 4.29. The van der Waals surface area contributed by atoms with Crippen LogP contribution in [0.3, 0.4) is 0 Å². The van der Waals surface area contributed by atoms with Gasteiger partial charge in [-0.3, -0.25) is 0 Å². The fraction of sp³-hybridized carbons (Fsp3) is 0.240. The molecule has 1 aliphatic carbocycles. The molecule has 0 radical (unpaired) electrons. The molecular formula is C25H25ClN2O5. The summed E-state index contributed by atoms with van der Waals surface area (Å²) in [4.78, 5) is 11.2. The number of halogens is 1. The van der Waals surface area contributed by atoms with Crippen LogP contribution in [0, 0.1) is 0 Å². The van der Waals surface area contributed by atoms with E-state index in [1.165, 1.54) is 0 Å². The van der Waals surface area contributed by atoms with Crippen molar-refractivity contribution in [3.8, 4) is 28.4 Å². The maximum Gasteiger partial charge on any atom is 0.335 e. The molecule has 2 unspecified atom stereocenters. The molecule has 7 nitrogen and oxygen atoms in total. The van der Waals surface area contributed by atoms with Crippen LogP contribution in [0.5, 0.6) is 17.2 Å². The molecule has 6 N–H and O–H groups in total. The van der Waals surface area contributed by atoms with Crippen LogP contribution in [0.25, 0.3) is 11.1 Å². The van der Waals surface area contributed by atoms with E-state index < -0.39 is 17.5 Å². The highest BCUT2D eigenvalue weighted by Crippen LogP contribution is 2.59. The number of hydrogen-bond donors (Lipinski definition) is 6. The first kappa shape index (κ1) is 22.8. The number of aromatic hydroxyl groups is 3. The zero-order chi connectivity index (χ0) is 23.7. The number of carbonyl (C=O) groups is 1. The Morgan fingerprint density at radius 1 is 0.939 bits per heavy atom. The maximum absolute atomic E-state index is 11.2. The van der Waals surface area contributed by atoms with Gasteiger partial charge in [0.05, 0.1) is 10.6 Å². The Bertz CT molecular complexity index is 1210. The molecule has 0 bridgehead atoms. The molecule has 8 heteroatoms. The number of rotatable bonds is 8.